The van der Waals surface area contributed by atoms with Gasteiger partial charge in [-0.2, -0.15) is 0 Å². The summed E-state index contributed by atoms with van der Waals surface area (Å²) in [5.41, 5.74) is 2.25. The highest BCUT2D eigenvalue weighted by Crippen LogP contribution is 2.43. The Morgan fingerprint density at radius 2 is 2.00 bits per heavy atom. The van der Waals surface area contributed by atoms with E-state index >= 15 is 0 Å². The summed E-state index contributed by atoms with van der Waals surface area (Å²) in [6.45, 7) is 10.9. The highest BCUT2D eigenvalue weighted by Gasteiger charge is 2.32. The minimum atomic E-state index is -0.0844. The lowest BCUT2D eigenvalue weighted by atomic mass is 9.68. The second kappa shape index (κ2) is 7.40. The van der Waals surface area contributed by atoms with Crippen LogP contribution in [0.1, 0.15) is 57.1 Å². The van der Waals surface area contributed by atoms with Gasteiger partial charge < -0.3 is 5.32 Å². The maximum atomic E-state index is 13.8. The molecule has 0 spiro atoms. The van der Waals surface area contributed by atoms with Crippen molar-refractivity contribution in [2.24, 2.45) is 17.8 Å². The summed E-state index contributed by atoms with van der Waals surface area (Å²) in [5.74, 6) is 2.55. The number of hydrogen-bond acceptors (Lipinski definition) is 1. The van der Waals surface area contributed by atoms with Gasteiger partial charge in [0.1, 0.15) is 5.82 Å². The first-order valence-corrected chi connectivity index (χ1v) is 8.49. The third-order valence-electron chi connectivity index (χ3n) is 5.13. The molecular weight excluding hydrogens is 261 g/mol. The molecule has 1 aromatic carbocycles. The van der Waals surface area contributed by atoms with E-state index in [2.05, 4.69) is 32.2 Å². The number of rotatable bonds is 5. The zero-order valence-corrected chi connectivity index (χ0v) is 14.0. The molecule has 118 valence electrons. The minimum absolute atomic E-state index is 0.0844. The quantitative estimate of drug-likeness (QED) is 0.813. The molecule has 21 heavy (non-hydrogen) atoms. The summed E-state index contributed by atoms with van der Waals surface area (Å²) in [7, 11) is 0. The van der Waals surface area contributed by atoms with Gasteiger partial charge in [-0.1, -0.05) is 26.8 Å². The van der Waals surface area contributed by atoms with Crippen LogP contribution < -0.4 is 5.32 Å². The molecule has 3 unspecified atom stereocenters. The van der Waals surface area contributed by atoms with Gasteiger partial charge in [0.15, 0.2) is 0 Å². The summed E-state index contributed by atoms with van der Waals surface area (Å²) in [4.78, 5) is 0. The van der Waals surface area contributed by atoms with Crippen LogP contribution >= 0.6 is 0 Å². The van der Waals surface area contributed by atoms with Crippen LogP contribution in [0, 0.1) is 30.5 Å². The largest absolute Gasteiger partial charge is 0.317 e. The van der Waals surface area contributed by atoms with Gasteiger partial charge in [-0.25, -0.2) is 4.39 Å². The lowest BCUT2D eigenvalue weighted by molar-refractivity contribution is 0.191. The van der Waals surface area contributed by atoms with E-state index in [-0.39, 0.29) is 5.82 Å². The monoisotopic (exact) mass is 291 g/mol. The number of benzene rings is 1. The van der Waals surface area contributed by atoms with Crippen molar-refractivity contribution < 1.29 is 4.39 Å². The first kappa shape index (κ1) is 16.5. The fraction of sp³-hybridized carbons (Fsp3) is 0.684. The van der Waals surface area contributed by atoms with Crippen molar-refractivity contribution in [1.29, 1.82) is 0 Å². The number of hydrogen-bond donors (Lipinski definition) is 1. The first-order chi connectivity index (χ1) is 10.0. The van der Waals surface area contributed by atoms with E-state index in [1.807, 2.05) is 6.92 Å². The highest BCUT2D eigenvalue weighted by molar-refractivity contribution is 5.28. The molecule has 0 aromatic heterocycles. The van der Waals surface area contributed by atoms with E-state index in [0.29, 0.717) is 11.8 Å². The zero-order chi connectivity index (χ0) is 15.4. The molecule has 1 aliphatic rings. The minimum Gasteiger partial charge on any atom is -0.317 e. The lowest BCUT2D eigenvalue weighted by Crippen LogP contribution is -2.33. The van der Waals surface area contributed by atoms with Crippen molar-refractivity contribution in [1.82, 2.24) is 5.32 Å². The second-order valence-electron chi connectivity index (χ2n) is 7.05. The third kappa shape index (κ3) is 4.29. The van der Waals surface area contributed by atoms with E-state index in [1.165, 1.54) is 24.8 Å². The molecule has 1 N–H and O–H groups in total. The summed E-state index contributed by atoms with van der Waals surface area (Å²) >= 11 is 0. The Morgan fingerprint density at radius 3 is 2.62 bits per heavy atom. The molecular formula is C19H30FN. The van der Waals surface area contributed by atoms with E-state index in [1.54, 1.807) is 12.1 Å². The van der Waals surface area contributed by atoms with Gasteiger partial charge >= 0.3 is 0 Å². The van der Waals surface area contributed by atoms with Crippen LogP contribution in [0.4, 0.5) is 4.39 Å². The Labute approximate surface area is 129 Å². The fourth-order valence-corrected chi connectivity index (χ4v) is 3.83. The zero-order valence-electron chi connectivity index (χ0n) is 14.0. The van der Waals surface area contributed by atoms with Gasteiger partial charge in [-0.05, 0) is 86.2 Å². The lowest BCUT2D eigenvalue weighted by Gasteiger charge is -2.38. The van der Waals surface area contributed by atoms with Crippen LogP contribution in [0.5, 0.6) is 0 Å². The Hall–Kier alpha value is -0.890. The van der Waals surface area contributed by atoms with Crippen LogP contribution in [-0.4, -0.2) is 13.1 Å². The summed E-state index contributed by atoms with van der Waals surface area (Å²) in [5, 5.41) is 3.50. The average molecular weight is 291 g/mol. The van der Waals surface area contributed by atoms with Crippen molar-refractivity contribution in [3.05, 3.63) is 35.1 Å². The molecule has 0 amide bonds. The van der Waals surface area contributed by atoms with Crippen molar-refractivity contribution in [3.63, 3.8) is 0 Å². The van der Waals surface area contributed by atoms with E-state index in [9.17, 15) is 4.39 Å². The average Bonchev–Trinajstić information content (AvgIpc) is 2.43. The molecule has 1 saturated carbocycles. The van der Waals surface area contributed by atoms with Crippen molar-refractivity contribution in [3.8, 4) is 0 Å². The second-order valence-corrected chi connectivity index (χ2v) is 7.05. The Balaban J connectivity index is 2.22. The molecule has 0 heterocycles. The summed E-state index contributed by atoms with van der Waals surface area (Å²) in [6, 6.07) is 5.58. The summed E-state index contributed by atoms with van der Waals surface area (Å²) in [6.07, 6.45) is 3.78. The molecule has 2 heteroatoms. The van der Waals surface area contributed by atoms with Crippen LogP contribution in [0.25, 0.3) is 0 Å². The molecule has 0 bridgehead atoms. The van der Waals surface area contributed by atoms with Crippen LogP contribution in [-0.2, 0) is 0 Å². The molecule has 1 fully saturated rings. The number of nitrogens with one attached hydrogen (secondary N) is 1. The van der Waals surface area contributed by atoms with Gasteiger partial charge in [0.05, 0.1) is 0 Å². The standard InChI is InChI=1S/C19H30FN/c1-5-21-12-16-7-6-15(13(2)3)11-19(16)17-8-14(4)9-18(20)10-17/h8-10,13,15-16,19,21H,5-7,11-12H2,1-4H3. The van der Waals surface area contributed by atoms with Crippen molar-refractivity contribution in [2.75, 3.05) is 13.1 Å². The Morgan fingerprint density at radius 1 is 1.24 bits per heavy atom. The maximum Gasteiger partial charge on any atom is 0.123 e. The highest BCUT2D eigenvalue weighted by atomic mass is 19.1. The maximum absolute atomic E-state index is 13.8. The van der Waals surface area contributed by atoms with Crippen LogP contribution in [0.15, 0.2) is 18.2 Å². The molecule has 3 atom stereocenters. The first-order valence-electron chi connectivity index (χ1n) is 8.49. The predicted molar refractivity (Wildman–Crippen MR) is 88.1 cm³/mol. The number of halogens is 1. The number of aryl methyl sites for hydroxylation is 1. The molecule has 0 saturated heterocycles. The smallest absolute Gasteiger partial charge is 0.123 e. The van der Waals surface area contributed by atoms with Gasteiger partial charge in [0.2, 0.25) is 0 Å². The van der Waals surface area contributed by atoms with Crippen LogP contribution in [0.3, 0.4) is 0 Å². The molecule has 0 aliphatic heterocycles. The summed E-state index contributed by atoms with van der Waals surface area (Å²) < 4.78 is 13.8. The van der Waals surface area contributed by atoms with Crippen molar-refractivity contribution in [2.45, 2.75) is 52.9 Å². The van der Waals surface area contributed by atoms with Crippen molar-refractivity contribution >= 4 is 0 Å². The fourth-order valence-electron chi connectivity index (χ4n) is 3.83. The third-order valence-corrected chi connectivity index (χ3v) is 5.13. The van der Waals surface area contributed by atoms with Gasteiger partial charge in [0.25, 0.3) is 0 Å². The predicted octanol–water partition coefficient (Wildman–Crippen LogP) is 4.90. The van der Waals surface area contributed by atoms with Gasteiger partial charge in [-0.3, -0.25) is 0 Å². The van der Waals surface area contributed by atoms with Gasteiger partial charge in [-0.15, -0.1) is 0 Å². The molecule has 0 radical (unpaired) electrons. The molecule has 1 aliphatic carbocycles. The normalized spacial score (nSPS) is 26.3. The SMILES string of the molecule is CCNCC1CCC(C(C)C)CC1c1cc(C)cc(F)c1. The Kier molecular flexibility index (Phi) is 5.80. The van der Waals surface area contributed by atoms with Crippen LogP contribution in [0.2, 0.25) is 0 Å². The molecule has 2 rings (SSSR count). The van der Waals surface area contributed by atoms with E-state index in [4.69, 9.17) is 0 Å². The topological polar surface area (TPSA) is 12.0 Å². The van der Waals surface area contributed by atoms with E-state index in [0.717, 1.165) is 30.5 Å². The van der Waals surface area contributed by atoms with E-state index < -0.39 is 0 Å². The Bertz CT molecular complexity index is 435. The van der Waals surface area contributed by atoms with Gasteiger partial charge in [0, 0.05) is 0 Å². The molecule has 1 nitrogen and oxygen atoms in total. The molecule has 1 aromatic rings.